The van der Waals surface area contributed by atoms with Crippen LogP contribution in [-0.4, -0.2) is 5.91 Å². The standard InChI is InChI=1S/C28H23Cl2NO2/c1-28(2,19-6-4-3-5-7-19)20-8-13-23(14-9-20)33-24-15-11-22(12-16-24)31-27(32)25-17-10-21(29)18-26(25)30/h3-18H,1-2H3,(H,31,32). The van der Waals surface area contributed by atoms with Crippen LogP contribution in [0.1, 0.15) is 35.3 Å². The number of amides is 1. The maximum Gasteiger partial charge on any atom is 0.257 e. The van der Waals surface area contributed by atoms with Crippen molar-refractivity contribution in [2.45, 2.75) is 19.3 Å². The smallest absolute Gasteiger partial charge is 0.257 e. The van der Waals surface area contributed by atoms with Crippen molar-refractivity contribution in [3.05, 3.63) is 124 Å². The maximum atomic E-state index is 12.5. The lowest BCUT2D eigenvalue weighted by molar-refractivity contribution is 0.102. The molecule has 4 aromatic carbocycles. The van der Waals surface area contributed by atoms with Crippen molar-refractivity contribution in [2.75, 3.05) is 5.32 Å². The molecule has 0 saturated carbocycles. The van der Waals surface area contributed by atoms with Gasteiger partial charge in [-0.3, -0.25) is 4.79 Å². The van der Waals surface area contributed by atoms with Crippen LogP contribution in [0.2, 0.25) is 10.0 Å². The van der Waals surface area contributed by atoms with Gasteiger partial charge in [-0.1, -0.05) is 79.5 Å². The summed E-state index contributed by atoms with van der Waals surface area (Å²) in [7, 11) is 0. The van der Waals surface area contributed by atoms with Gasteiger partial charge in [0.1, 0.15) is 11.5 Å². The van der Waals surface area contributed by atoms with Crippen LogP contribution >= 0.6 is 23.2 Å². The molecule has 0 aliphatic rings. The van der Waals surface area contributed by atoms with Gasteiger partial charge in [0.05, 0.1) is 10.6 Å². The third-order valence-corrected chi connectivity index (χ3v) is 6.14. The Morgan fingerprint density at radius 2 is 1.33 bits per heavy atom. The SMILES string of the molecule is CC(C)(c1ccccc1)c1ccc(Oc2ccc(NC(=O)c3ccc(Cl)cc3Cl)cc2)cc1. The minimum Gasteiger partial charge on any atom is -0.457 e. The number of halogens is 2. The zero-order valence-corrected chi connectivity index (χ0v) is 19.8. The highest BCUT2D eigenvalue weighted by Crippen LogP contribution is 2.33. The highest BCUT2D eigenvalue weighted by Gasteiger charge is 2.22. The first-order chi connectivity index (χ1) is 15.8. The van der Waals surface area contributed by atoms with Crippen molar-refractivity contribution in [2.24, 2.45) is 0 Å². The van der Waals surface area contributed by atoms with Gasteiger partial charge in [0.25, 0.3) is 5.91 Å². The van der Waals surface area contributed by atoms with E-state index in [2.05, 4.69) is 55.6 Å². The Morgan fingerprint density at radius 3 is 1.94 bits per heavy atom. The molecule has 4 rings (SSSR count). The van der Waals surface area contributed by atoms with Gasteiger partial charge in [0.15, 0.2) is 0 Å². The minimum atomic E-state index is -0.304. The first-order valence-electron chi connectivity index (χ1n) is 10.5. The quantitative estimate of drug-likeness (QED) is 0.304. The Labute approximate surface area is 203 Å². The molecule has 0 aromatic heterocycles. The molecule has 1 amide bonds. The van der Waals surface area contributed by atoms with E-state index in [0.717, 1.165) is 5.75 Å². The van der Waals surface area contributed by atoms with Gasteiger partial charge < -0.3 is 10.1 Å². The van der Waals surface area contributed by atoms with E-state index < -0.39 is 0 Å². The van der Waals surface area contributed by atoms with Gasteiger partial charge in [-0.05, 0) is 65.7 Å². The summed E-state index contributed by atoms with van der Waals surface area (Å²) >= 11 is 12.0. The molecule has 0 atom stereocenters. The summed E-state index contributed by atoms with van der Waals surface area (Å²) in [5.74, 6) is 1.11. The first kappa shape index (κ1) is 22.9. The van der Waals surface area contributed by atoms with Crippen molar-refractivity contribution in [1.82, 2.24) is 0 Å². The van der Waals surface area contributed by atoms with Crippen LogP contribution in [0.5, 0.6) is 11.5 Å². The Balaban J connectivity index is 1.41. The summed E-state index contributed by atoms with van der Waals surface area (Å²) in [4.78, 5) is 12.5. The zero-order chi connectivity index (χ0) is 23.4. The van der Waals surface area contributed by atoms with Crippen molar-refractivity contribution < 1.29 is 9.53 Å². The summed E-state index contributed by atoms with van der Waals surface area (Å²) in [6.07, 6.45) is 0. The summed E-state index contributed by atoms with van der Waals surface area (Å²) in [5, 5.41) is 3.61. The van der Waals surface area contributed by atoms with E-state index in [0.29, 0.717) is 27.0 Å². The van der Waals surface area contributed by atoms with Crippen LogP contribution in [0.4, 0.5) is 5.69 Å². The number of benzene rings is 4. The lowest BCUT2D eigenvalue weighted by Crippen LogP contribution is -2.18. The van der Waals surface area contributed by atoms with Crippen molar-refractivity contribution in [3.8, 4) is 11.5 Å². The van der Waals surface area contributed by atoms with E-state index in [1.165, 1.54) is 11.1 Å². The van der Waals surface area contributed by atoms with Gasteiger partial charge in [-0.15, -0.1) is 0 Å². The molecule has 4 aromatic rings. The molecule has 166 valence electrons. The zero-order valence-electron chi connectivity index (χ0n) is 18.3. The fourth-order valence-corrected chi connectivity index (χ4v) is 4.07. The number of anilines is 1. The second-order valence-corrected chi connectivity index (χ2v) is 9.06. The highest BCUT2D eigenvalue weighted by molar-refractivity contribution is 6.37. The number of carbonyl (C=O) groups excluding carboxylic acids is 1. The lowest BCUT2D eigenvalue weighted by Gasteiger charge is -2.26. The van der Waals surface area contributed by atoms with Crippen molar-refractivity contribution in [3.63, 3.8) is 0 Å². The lowest BCUT2D eigenvalue weighted by atomic mass is 9.78. The summed E-state index contributed by atoms with van der Waals surface area (Å²) in [6.45, 7) is 4.42. The van der Waals surface area contributed by atoms with Gasteiger partial charge in [0.2, 0.25) is 0 Å². The van der Waals surface area contributed by atoms with Crippen LogP contribution in [0.25, 0.3) is 0 Å². The number of ether oxygens (including phenoxy) is 1. The molecule has 0 spiro atoms. The molecule has 0 heterocycles. The molecule has 0 fully saturated rings. The van der Waals surface area contributed by atoms with E-state index in [-0.39, 0.29) is 11.3 Å². The Kier molecular flexibility index (Phi) is 6.73. The molecular weight excluding hydrogens is 453 g/mol. The van der Waals surface area contributed by atoms with Crippen LogP contribution in [0.15, 0.2) is 97.1 Å². The molecule has 0 aliphatic carbocycles. The van der Waals surface area contributed by atoms with Gasteiger partial charge >= 0.3 is 0 Å². The Morgan fingerprint density at radius 1 is 0.758 bits per heavy atom. The second-order valence-electron chi connectivity index (χ2n) is 8.22. The number of carbonyl (C=O) groups is 1. The van der Waals surface area contributed by atoms with Crippen LogP contribution < -0.4 is 10.1 Å². The molecule has 0 unspecified atom stereocenters. The van der Waals surface area contributed by atoms with E-state index in [1.54, 1.807) is 42.5 Å². The fourth-order valence-electron chi connectivity index (χ4n) is 3.58. The van der Waals surface area contributed by atoms with E-state index in [9.17, 15) is 4.79 Å². The average molecular weight is 476 g/mol. The van der Waals surface area contributed by atoms with Gasteiger partial charge in [-0.2, -0.15) is 0 Å². The molecular formula is C28H23Cl2NO2. The minimum absolute atomic E-state index is 0.105. The first-order valence-corrected chi connectivity index (χ1v) is 11.3. The van der Waals surface area contributed by atoms with Crippen LogP contribution in [0, 0.1) is 0 Å². The number of nitrogens with one attached hydrogen (secondary N) is 1. The molecule has 3 nitrogen and oxygen atoms in total. The molecule has 33 heavy (non-hydrogen) atoms. The van der Waals surface area contributed by atoms with Crippen LogP contribution in [-0.2, 0) is 5.41 Å². The average Bonchev–Trinajstić information content (AvgIpc) is 2.81. The number of rotatable bonds is 6. The van der Waals surface area contributed by atoms with Crippen molar-refractivity contribution in [1.29, 1.82) is 0 Å². The summed E-state index contributed by atoms with van der Waals surface area (Å²) in [6, 6.07) is 30.5. The van der Waals surface area contributed by atoms with E-state index in [1.807, 2.05) is 18.2 Å². The highest BCUT2D eigenvalue weighted by atomic mass is 35.5. The van der Waals surface area contributed by atoms with Gasteiger partial charge in [0, 0.05) is 16.1 Å². The maximum absolute atomic E-state index is 12.5. The fraction of sp³-hybridized carbons (Fsp3) is 0.107. The molecule has 0 aliphatic heterocycles. The Hall–Kier alpha value is -3.27. The molecule has 0 saturated heterocycles. The monoisotopic (exact) mass is 475 g/mol. The molecule has 1 N–H and O–H groups in total. The third-order valence-electron chi connectivity index (χ3n) is 5.60. The summed E-state index contributed by atoms with van der Waals surface area (Å²) < 4.78 is 5.98. The van der Waals surface area contributed by atoms with E-state index >= 15 is 0 Å². The predicted molar refractivity (Wildman–Crippen MR) is 136 cm³/mol. The largest absolute Gasteiger partial charge is 0.457 e. The normalized spacial score (nSPS) is 11.2. The predicted octanol–water partition coefficient (Wildman–Crippen LogP) is 8.36. The third kappa shape index (κ3) is 5.39. The molecule has 5 heteroatoms. The topological polar surface area (TPSA) is 38.3 Å². The summed E-state index contributed by atoms with van der Waals surface area (Å²) in [5.41, 5.74) is 3.36. The van der Waals surface area contributed by atoms with E-state index in [4.69, 9.17) is 27.9 Å². The van der Waals surface area contributed by atoms with Crippen molar-refractivity contribution >= 4 is 34.8 Å². The van der Waals surface area contributed by atoms with Gasteiger partial charge in [-0.25, -0.2) is 0 Å². The number of hydrogen-bond acceptors (Lipinski definition) is 2. The second kappa shape index (κ2) is 9.70. The number of hydrogen-bond donors (Lipinski definition) is 1. The molecule has 0 radical (unpaired) electrons. The molecule has 0 bridgehead atoms. The Bertz CT molecular complexity index is 1250. The van der Waals surface area contributed by atoms with Crippen LogP contribution in [0.3, 0.4) is 0 Å².